The van der Waals surface area contributed by atoms with Gasteiger partial charge in [0.25, 0.3) is 0 Å². The van der Waals surface area contributed by atoms with Gasteiger partial charge in [-0.25, -0.2) is 4.79 Å². The van der Waals surface area contributed by atoms with Gasteiger partial charge in [-0.2, -0.15) is 0 Å². The third-order valence-electron chi connectivity index (χ3n) is 8.14. The average Bonchev–Trinajstić information content (AvgIpc) is 3.83. The first-order valence-corrected chi connectivity index (χ1v) is 16.0. The number of ether oxygens (including phenoxy) is 4. The maximum Gasteiger partial charge on any atom is 0.347 e. The summed E-state index contributed by atoms with van der Waals surface area (Å²) in [5.74, 6) is -2.78. The molecule has 2 aromatic rings. The fourth-order valence-corrected chi connectivity index (χ4v) is 5.67. The number of esters is 2. The number of rotatable bonds is 8. The summed E-state index contributed by atoms with van der Waals surface area (Å²) in [5, 5.41) is 5.86. The molecule has 0 aromatic heterocycles. The van der Waals surface area contributed by atoms with Gasteiger partial charge in [-0.15, -0.1) is 0 Å². The number of halogens is 1. The Morgan fingerprint density at radius 2 is 1.74 bits per heavy atom. The predicted molar refractivity (Wildman–Crippen MR) is 172 cm³/mol. The van der Waals surface area contributed by atoms with E-state index < -0.39 is 47.9 Å². The zero-order valence-corrected chi connectivity index (χ0v) is 27.6. The third kappa shape index (κ3) is 9.56. The molecule has 1 saturated heterocycles. The van der Waals surface area contributed by atoms with E-state index in [9.17, 15) is 19.2 Å². The number of hydrogen-bond donors (Lipinski definition) is 2. The number of carbonyl (C=O) groups excluding carboxylic acids is 4. The number of hydrogen-bond acceptors (Lipinski definition) is 8. The van der Waals surface area contributed by atoms with E-state index in [1.807, 2.05) is 51.1 Å². The Labute approximate surface area is 275 Å². The van der Waals surface area contributed by atoms with Gasteiger partial charge in [0.2, 0.25) is 11.8 Å². The monoisotopic (exact) mass is 654 g/mol. The van der Waals surface area contributed by atoms with E-state index in [1.54, 1.807) is 31.2 Å². The van der Waals surface area contributed by atoms with Crippen molar-refractivity contribution in [2.75, 3.05) is 13.7 Å². The second-order valence-corrected chi connectivity index (χ2v) is 12.7. The largest absolute Gasteiger partial charge is 0.495 e. The van der Waals surface area contributed by atoms with E-state index >= 15 is 0 Å². The molecule has 2 amide bonds. The molecule has 0 aliphatic carbocycles. The first-order valence-electron chi connectivity index (χ1n) is 15.6. The molecule has 2 aromatic carbocycles. The maximum atomic E-state index is 13.5. The van der Waals surface area contributed by atoms with Crippen LogP contribution < -0.4 is 15.4 Å². The Morgan fingerprint density at radius 3 is 2.41 bits per heavy atom. The molecule has 2 N–H and O–H groups in total. The first-order chi connectivity index (χ1) is 22.0. The van der Waals surface area contributed by atoms with Crippen molar-refractivity contribution >= 4 is 35.4 Å². The van der Waals surface area contributed by atoms with E-state index in [4.69, 9.17) is 30.5 Å². The summed E-state index contributed by atoms with van der Waals surface area (Å²) < 4.78 is 22.9. The Kier molecular flexibility index (Phi) is 12.2. The van der Waals surface area contributed by atoms with Gasteiger partial charge in [-0.05, 0) is 41.7 Å². The van der Waals surface area contributed by atoms with Gasteiger partial charge in [0, 0.05) is 25.3 Å². The molecule has 0 radical (unpaired) electrons. The number of cyclic esters (lactones) is 2. The molecule has 2 aliphatic heterocycles. The molecule has 46 heavy (non-hydrogen) atoms. The topological polar surface area (TPSA) is 133 Å². The quantitative estimate of drug-likeness (QED) is 0.308. The number of methoxy groups -OCH3 is 1. The van der Waals surface area contributed by atoms with Crippen molar-refractivity contribution in [2.45, 2.75) is 77.4 Å². The van der Waals surface area contributed by atoms with Crippen LogP contribution in [-0.4, -0.2) is 61.8 Å². The first kappa shape index (κ1) is 35.0. The highest BCUT2D eigenvalue weighted by molar-refractivity contribution is 6.32. The second kappa shape index (κ2) is 16.1. The zero-order chi connectivity index (χ0) is 33.4. The van der Waals surface area contributed by atoms with E-state index in [0.29, 0.717) is 16.3 Å². The van der Waals surface area contributed by atoms with Crippen LogP contribution in [0.5, 0.6) is 5.75 Å². The molecule has 1 unspecified atom stereocenters. The molecule has 2 heterocycles. The zero-order valence-electron chi connectivity index (χ0n) is 26.9. The molecule has 7 atom stereocenters. The number of epoxide rings is 1. The van der Waals surface area contributed by atoms with Crippen LogP contribution >= 0.6 is 11.6 Å². The number of amides is 2. The SMILES string of the molecule is COc1ccc(C[C@@H]2NC(=O)/C=C/CC([C@H](C)[C@H]3O[C@@H]3c3ccccc3)OC(=O)[C@H](CC(C)C)OC(=O)[C@H](C)CNC2=O)cc1Cl. The third-order valence-corrected chi connectivity index (χ3v) is 8.44. The number of nitrogens with one attached hydrogen (secondary N) is 2. The smallest absolute Gasteiger partial charge is 0.347 e. The standard InChI is InChI=1S/C35H43ClN2O8/c1-20(2)16-29-35(42)44-27(22(4)31-32(46-31)24-10-7-6-8-11-24)12-9-13-30(39)38-26(33(40)37-19-21(3)34(41)45-29)18-23-14-15-28(43-5)25(36)17-23/h6-11,13-15,17,20-22,26-27,29,31-32H,12,16,18-19H2,1-5H3,(H,37,40)(H,38,39)/b13-9+/t21-,22+,26+,27?,29+,31-,32-/m1/s1. The summed E-state index contributed by atoms with van der Waals surface area (Å²) >= 11 is 6.30. The van der Waals surface area contributed by atoms with Gasteiger partial charge < -0.3 is 29.6 Å². The lowest BCUT2D eigenvalue weighted by atomic mass is 9.93. The summed E-state index contributed by atoms with van der Waals surface area (Å²) in [6.07, 6.45) is 1.40. The molecular formula is C35H43ClN2O8. The minimum absolute atomic E-state index is 0.0341. The summed E-state index contributed by atoms with van der Waals surface area (Å²) in [4.78, 5) is 52.9. The highest BCUT2D eigenvalue weighted by atomic mass is 35.5. The van der Waals surface area contributed by atoms with Crippen LogP contribution in [0.3, 0.4) is 0 Å². The van der Waals surface area contributed by atoms with Crippen molar-refractivity contribution in [1.82, 2.24) is 10.6 Å². The van der Waals surface area contributed by atoms with Gasteiger partial charge in [0.15, 0.2) is 6.10 Å². The fourth-order valence-electron chi connectivity index (χ4n) is 5.39. The van der Waals surface area contributed by atoms with Crippen LogP contribution in [0.1, 0.15) is 57.8 Å². The van der Waals surface area contributed by atoms with E-state index in [-0.39, 0.29) is 49.9 Å². The van der Waals surface area contributed by atoms with Crippen LogP contribution in [0, 0.1) is 17.8 Å². The van der Waals surface area contributed by atoms with Crippen LogP contribution in [0.15, 0.2) is 60.7 Å². The molecule has 4 rings (SSSR count). The molecule has 0 saturated carbocycles. The van der Waals surface area contributed by atoms with E-state index in [2.05, 4.69) is 10.6 Å². The molecule has 248 valence electrons. The lowest BCUT2D eigenvalue weighted by molar-refractivity contribution is -0.176. The molecule has 0 spiro atoms. The summed E-state index contributed by atoms with van der Waals surface area (Å²) in [7, 11) is 1.51. The highest BCUT2D eigenvalue weighted by Gasteiger charge is 2.47. The molecular weight excluding hydrogens is 612 g/mol. The van der Waals surface area contributed by atoms with Crippen LogP contribution in [-0.2, 0) is 39.8 Å². The minimum Gasteiger partial charge on any atom is -0.495 e. The summed E-state index contributed by atoms with van der Waals surface area (Å²) in [6.45, 7) is 7.31. The molecule has 1 fully saturated rings. The predicted octanol–water partition coefficient (Wildman–Crippen LogP) is 4.73. The average molecular weight is 655 g/mol. The summed E-state index contributed by atoms with van der Waals surface area (Å²) in [6, 6.07) is 13.9. The number of benzene rings is 2. The van der Waals surface area contributed by atoms with Crippen LogP contribution in [0.4, 0.5) is 0 Å². The molecule has 10 nitrogen and oxygen atoms in total. The maximum absolute atomic E-state index is 13.5. The van der Waals surface area contributed by atoms with E-state index in [0.717, 1.165) is 5.56 Å². The number of carbonyl (C=O) groups is 4. The molecule has 11 heteroatoms. The van der Waals surface area contributed by atoms with Crippen molar-refractivity contribution in [1.29, 1.82) is 0 Å². The Hall–Kier alpha value is -3.89. The normalized spacial score (nSPS) is 27.5. The highest BCUT2D eigenvalue weighted by Crippen LogP contribution is 2.45. The molecule has 2 aliphatic rings. The Morgan fingerprint density at radius 1 is 1.00 bits per heavy atom. The minimum atomic E-state index is -1.13. The lowest BCUT2D eigenvalue weighted by Crippen LogP contribution is -2.49. The molecule has 0 bridgehead atoms. The van der Waals surface area contributed by atoms with Crippen molar-refractivity contribution in [3.05, 3.63) is 76.8 Å². The fraction of sp³-hybridized carbons (Fsp3) is 0.486. The summed E-state index contributed by atoms with van der Waals surface area (Å²) in [5.41, 5.74) is 1.73. The van der Waals surface area contributed by atoms with Gasteiger partial charge in [-0.1, -0.05) is 81.8 Å². The van der Waals surface area contributed by atoms with Crippen LogP contribution in [0.2, 0.25) is 5.02 Å². The van der Waals surface area contributed by atoms with Gasteiger partial charge in [0.1, 0.15) is 24.0 Å². The van der Waals surface area contributed by atoms with Gasteiger partial charge >= 0.3 is 11.9 Å². The van der Waals surface area contributed by atoms with Crippen molar-refractivity contribution in [3.8, 4) is 5.75 Å². The van der Waals surface area contributed by atoms with Crippen molar-refractivity contribution in [2.24, 2.45) is 17.8 Å². The lowest BCUT2D eigenvalue weighted by Gasteiger charge is -2.27. The van der Waals surface area contributed by atoms with Gasteiger partial charge in [-0.3, -0.25) is 14.4 Å². The second-order valence-electron chi connectivity index (χ2n) is 12.3. The van der Waals surface area contributed by atoms with Crippen LogP contribution in [0.25, 0.3) is 0 Å². The Bertz CT molecular complexity index is 1410. The van der Waals surface area contributed by atoms with E-state index in [1.165, 1.54) is 13.2 Å². The van der Waals surface area contributed by atoms with Crippen molar-refractivity contribution < 1.29 is 38.1 Å². The Balaban J connectivity index is 1.58. The van der Waals surface area contributed by atoms with Crippen molar-refractivity contribution in [3.63, 3.8) is 0 Å². The van der Waals surface area contributed by atoms with Gasteiger partial charge in [0.05, 0.1) is 24.2 Å².